The normalized spacial score (nSPS) is 13.8. The van der Waals surface area contributed by atoms with Crippen LogP contribution in [-0.4, -0.2) is 72.8 Å². The summed E-state index contributed by atoms with van der Waals surface area (Å²) in [7, 11) is 0. The van der Waals surface area contributed by atoms with E-state index in [0.29, 0.717) is 49.5 Å². The summed E-state index contributed by atoms with van der Waals surface area (Å²) in [6.07, 6.45) is 7.18. The molecule has 1 saturated heterocycles. The van der Waals surface area contributed by atoms with Gasteiger partial charge in [0, 0.05) is 44.6 Å². The first-order chi connectivity index (χ1) is 15.5. The van der Waals surface area contributed by atoms with Gasteiger partial charge in [0.2, 0.25) is 5.91 Å². The number of anilines is 1. The van der Waals surface area contributed by atoms with Crippen LogP contribution in [-0.2, 0) is 22.7 Å². The lowest BCUT2D eigenvalue weighted by Crippen LogP contribution is -2.49. The van der Waals surface area contributed by atoms with Crippen molar-refractivity contribution < 1.29 is 14.0 Å². The molecule has 4 rings (SSSR count). The van der Waals surface area contributed by atoms with Gasteiger partial charge in [0.25, 0.3) is 0 Å². The zero-order chi connectivity index (χ0) is 22.5. The third kappa shape index (κ3) is 4.97. The van der Waals surface area contributed by atoms with Crippen molar-refractivity contribution in [3.63, 3.8) is 0 Å². The van der Waals surface area contributed by atoms with E-state index in [4.69, 9.17) is 12.2 Å². The van der Waals surface area contributed by atoms with Crippen LogP contribution in [0.25, 0.3) is 5.69 Å². The first kappa shape index (κ1) is 21.6. The Labute approximate surface area is 188 Å². The van der Waals surface area contributed by atoms with Crippen LogP contribution in [0.4, 0.5) is 10.1 Å². The molecule has 3 aromatic rings. The summed E-state index contributed by atoms with van der Waals surface area (Å²) in [6.45, 7) is 2.64. The molecule has 2 aromatic heterocycles. The van der Waals surface area contributed by atoms with Crippen molar-refractivity contribution in [1.29, 1.82) is 0 Å². The summed E-state index contributed by atoms with van der Waals surface area (Å²) >= 11 is 4.78. The molecule has 12 heteroatoms. The topological polar surface area (TPSA) is 101 Å². The fourth-order valence-electron chi connectivity index (χ4n) is 3.45. The molecule has 0 unspecified atom stereocenters. The smallest absolute Gasteiger partial charge is 0.242 e. The molecule has 0 spiro atoms. The minimum atomic E-state index is -0.377. The third-order valence-corrected chi connectivity index (χ3v) is 5.38. The molecule has 3 heterocycles. The molecule has 0 atom stereocenters. The lowest BCUT2D eigenvalue weighted by Gasteiger charge is -2.36. The van der Waals surface area contributed by atoms with Gasteiger partial charge in [-0.15, -0.1) is 5.10 Å². The van der Waals surface area contributed by atoms with Crippen LogP contribution < -0.4 is 10.2 Å². The van der Waals surface area contributed by atoms with Crippen LogP contribution in [0.5, 0.6) is 0 Å². The Bertz CT molecular complexity index is 1110. The molecule has 0 radical (unpaired) electrons. The summed E-state index contributed by atoms with van der Waals surface area (Å²) in [5.74, 6) is -0.359. The Morgan fingerprint density at radius 2 is 2.06 bits per heavy atom. The molecule has 166 valence electrons. The Kier molecular flexibility index (Phi) is 6.50. The lowest BCUT2D eigenvalue weighted by molar-refractivity contribution is -0.132. The van der Waals surface area contributed by atoms with E-state index in [1.165, 1.54) is 10.7 Å². The Balaban J connectivity index is 1.36. The van der Waals surface area contributed by atoms with Crippen molar-refractivity contribution in [3.05, 3.63) is 54.6 Å². The van der Waals surface area contributed by atoms with Gasteiger partial charge in [0.15, 0.2) is 6.29 Å². The fourth-order valence-corrected chi connectivity index (χ4v) is 3.53. The minimum Gasteiger partial charge on any atom is -0.368 e. The maximum Gasteiger partial charge on any atom is 0.242 e. The number of aromatic nitrogens is 5. The number of amides is 1. The van der Waals surface area contributed by atoms with Crippen molar-refractivity contribution >= 4 is 35.1 Å². The second-order valence-corrected chi connectivity index (χ2v) is 7.67. The number of imidazole rings is 1. The zero-order valence-electron chi connectivity index (χ0n) is 17.1. The monoisotopic (exact) mass is 456 g/mol. The molecule has 1 aromatic carbocycles. The number of piperazine rings is 1. The average Bonchev–Trinajstić information content (AvgIpc) is 3.50. The van der Waals surface area contributed by atoms with Gasteiger partial charge in [-0.1, -0.05) is 17.4 Å². The minimum absolute atomic E-state index is 0.0175. The summed E-state index contributed by atoms with van der Waals surface area (Å²) < 4.78 is 18.1. The molecule has 32 heavy (non-hydrogen) atoms. The first-order valence-corrected chi connectivity index (χ1v) is 10.4. The molecule has 1 aliphatic rings. The molecule has 1 N–H and O–H groups in total. The number of halogens is 1. The van der Waals surface area contributed by atoms with Crippen LogP contribution in [0.2, 0.25) is 0 Å². The molecule has 0 saturated carbocycles. The number of rotatable bonds is 7. The summed E-state index contributed by atoms with van der Waals surface area (Å²) in [5, 5.41) is 10.7. The predicted molar refractivity (Wildman–Crippen MR) is 118 cm³/mol. The Morgan fingerprint density at radius 1 is 1.25 bits per heavy atom. The van der Waals surface area contributed by atoms with Gasteiger partial charge in [-0.3, -0.25) is 9.59 Å². The maximum absolute atomic E-state index is 14.9. The van der Waals surface area contributed by atoms with E-state index in [0.717, 1.165) is 0 Å². The number of aldehydes is 1. The number of carbonyl (C=O) groups is 2. The predicted octanol–water partition coefficient (Wildman–Crippen LogP) is 0.568. The highest BCUT2D eigenvalue weighted by molar-refractivity contribution is 7.81. The largest absolute Gasteiger partial charge is 0.368 e. The van der Waals surface area contributed by atoms with Crippen LogP contribution >= 0.6 is 12.2 Å². The van der Waals surface area contributed by atoms with Gasteiger partial charge in [-0.05, 0) is 12.1 Å². The fraction of sp³-hybridized carbons (Fsp3) is 0.300. The second kappa shape index (κ2) is 9.64. The number of nitrogens with zero attached hydrogens (tertiary/aromatic N) is 7. The molecule has 1 aliphatic heterocycles. The Hall–Kier alpha value is -3.67. The maximum atomic E-state index is 14.9. The van der Waals surface area contributed by atoms with Crippen LogP contribution in [0.15, 0.2) is 43.1 Å². The first-order valence-electron chi connectivity index (χ1n) is 9.96. The highest BCUT2D eigenvalue weighted by Crippen LogP contribution is 2.23. The van der Waals surface area contributed by atoms with Crippen LogP contribution in [0, 0.1) is 5.82 Å². The number of hydrogen-bond acceptors (Lipinski definition) is 7. The van der Waals surface area contributed by atoms with E-state index >= 15 is 0 Å². The van der Waals surface area contributed by atoms with Gasteiger partial charge in [-0.25, -0.2) is 14.1 Å². The quantitative estimate of drug-likeness (QED) is 0.407. The number of carbonyl (C=O) groups excluding carboxylic acids is 2. The molecular weight excluding hydrogens is 435 g/mol. The van der Waals surface area contributed by atoms with Crippen molar-refractivity contribution in [2.75, 3.05) is 31.1 Å². The number of hydrogen-bond donors (Lipinski definition) is 1. The average molecular weight is 457 g/mol. The molecule has 10 nitrogen and oxygen atoms in total. The lowest BCUT2D eigenvalue weighted by atomic mass is 10.2. The van der Waals surface area contributed by atoms with Crippen molar-refractivity contribution in [3.8, 4) is 5.69 Å². The SMILES string of the molecule is O=CC(=S)NCc1cn(-c2ccc(N3CCN(C(=O)Cn4ccnc4)CC3)c(F)c2)nn1. The van der Waals surface area contributed by atoms with E-state index in [2.05, 4.69) is 20.6 Å². The molecule has 1 amide bonds. The van der Waals surface area contributed by atoms with Gasteiger partial charge in [0.1, 0.15) is 23.0 Å². The zero-order valence-corrected chi connectivity index (χ0v) is 17.9. The molecule has 0 aliphatic carbocycles. The van der Waals surface area contributed by atoms with E-state index in [1.807, 2.05) is 4.90 Å². The highest BCUT2D eigenvalue weighted by atomic mass is 32.1. The Morgan fingerprint density at radius 3 is 2.75 bits per heavy atom. The number of thiocarbonyl (C=S) groups is 1. The molecule has 0 bridgehead atoms. The second-order valence-electron chi connectivity index (χ2n) is 7.23. The standard InChI is InChI=1S/C20H21FN8O2S/c21-17-9-16(29-11-15(24-25-29)10-23-19(32)13-30)1-2-18(17)27-5-7-28(8-6-27)20(31)12-26-4-3-22-14-26/h1-4,9,11,13-14H,5-8,10,12H2,(H,23,32). The summed E-state index contributed by atoms with van der Waals surface area (Å²) in [4.78, 5) is 30.7. The highest BCUT2D eigenvalue weighted by Gasteiger charge is 2.23. The third-order valence-electron chi connectivity index (χ3n) is 5.14. The number of nitrogens with one attached hydrogen (secondary N) is 1. The summed E-state index contributed by atoms with van der Waals surface area (Å²) in [6, 6.07) is 4.86. The number of benzene rings is 1. The van der Waals surface area contributed by atoms with Crippen molar-refractivity contribution in [2.24, 2.45) is 0 Å². The molecule has 1 fully saturated rings. The van der Waals surface area contributed by atoms with Crippen molar-refractivity contribution in [1.82, 2.24) is 34.8 Å². The van der Waals surface area contributed by atoms with Gasteiger partial charge in [0.05, 0.1) is 30.4 Å². The van der Waals surface area contributed by atoms with E-state index < -0.39 is 0 Å². The van der Waals surface area contributed by atoms with E-state index in [-0.39, 0.29) is 29.8 Å². The van der Waals surface area contributed by atoms with Gasteiger partial charge < -0.3 is 19.7 Å². The van der Waals surface area contributed by atoms with E-state index in [1.54, 1.807) is 46.5 Å². The summed E-state index contributed by atoms with van der Waals surface area (Å²) in [5.41, 5.74) is 1.57. The van der Waals surface area contributed by atoms with Crippen molar-refractivity contribution in [2.45, 2.75) is 13.1 Å². The molecular formula is C20H21FN8O2S. The van der Waals surface area contributed by atoms with Crippen LogP contribution in [0.3, 0.4) is 0 Å². The van der Waals surface area contributed by atoms with Gasteiger partial charge >= 0.3 is 0 Å². The van der Waals surface area contributed by atoms with Gasteiger partial charge in [-0.2, -0.15) is 0 Å². The van der Waals surface area contributed by atoms with Crippen LogP contribution in [0.1, 0.15) is 5.69 Å². The van der Waals surface area contributed by atoms with E-state index in [9.17, 15) is 14.0 Å².